The molecule has 1 aromatic heterocycles. The summed E-state index contributed by atoms with van der Waals surface area (Å²) >= 11 is 0. The SMILES string of the molecule is Cc1cncc2cccc(S(=O)(=O)N[C@@H](C)CN(CO[Si](C)(C)C(C)(C)C)C(=O)OC(C)(C)C)c12. The molecular weight excluding hydrogens is 482 g/mol. The van der Waals surface area contributed by atoms with E-state index in [0.717, 1.165) is 10.9 Å². The Bertz CT molecular complexity index is 1150. The molecule has 0 aliphatic heterocycles. The lowest BCUT2D eigenvalue weighted by Gasteiger charge is -2.38. The number of nitrogens with one attached hydrogen (secondary N) is 1. The summed E-state index contributed by atoms with van der Waals surface area (Å²) in [6, 6.07) is 4.52. The third-order valence-corrected chi connectivity index (χ3v) is 12.2. The Morgan fingerprint density at radius 1 is 1.14 bits per heavy atom. The zero-order valence-corrected chi connectivity index (χ0v) is 24.5. The lowest BCUT2D eigenvalue weighted by Crippen LogP contribution is -2.50. The van der Waals surface area contributed by atoms with Gasteiger partial charge in [0.1, 0.15) is 12.3 Å². The Morgan fingerprint density at radius 2 is 1.77 bits per heavy atom. The molecule has 10 heteroatoms. The summed E-state index contributed by atoms with van der Waals surface area (Å²) in [4.78, 5) is 18.7. The number of hydrogen-bond donors (Lipinski definition) is 1. The molecule has 0 saturated carbocycles. The molecule has 8 nitrogen and oxygen atoms in total. The monoisotopic (exact) mass is 523 g/mol. The molecule has 1 atom stereocenters. The third kappa shape index (κ3) is 7.73. The number of ether oxygens (including phenoxy) is 1. The van der Waals surface area contributed by atoms with Gasteiger partial charge in [0.05, 0.1) is 4.90 Å². The van der Waals surface area contributed by atoms with Gasteiger partial charge < -0.3 is 9.16 Å². The molecule has 1 heterocycles. The van der Waals surface area contributed by atoms with Crippen LogP contribution in [0.3, 0.4) is 0 Å². The molecule has 0 saturated heterocycles. The number of nitrogens with zero attached hydrogens (tertiary/aromatic N) is 2. The van der Waals surface area contributed by atoms with E-state index in [2.05, 4.69) is 43.6 Å². The van der Waals surface area contributed by atoms with E-state index in [9.17, 15) is 13.2 Å². The van der Waals surface area contributed by atoms with Gasteiger partial charge >= 0.3 is 6.09 Å². The first-order chi connectivity index (χ1) is 15.8. The number of hydrogen-bond acceptors (Lipinski definition) is 6. The Kier molecular flexibility index (Phi) is 8.80. The number of benzene rings is 1. The second-order valence-electron chi connectivity index (χ2n) is 11.6. The van der Waals surface area contributed by atoms with Crippen LogP contribution in [0.5, 0.6) is 0 Å². The molecule has 0 spiro atoms. The number of aromatic nitrogens is 1. The van der Waals surface area contributed by atoms with Crippen molar-refractivity contribution >= 4 is 35.2 Å². The Labute approximate surface area is 211 Å². The summed E-state index contributed by atoms with van der Waals surface area (Å²) in [5.41, 5.74) is 0.0816. The second kappa shape index (κ2) is 10.5. The third-order valence-electron chi connectivity index (χ3n) is 6.11. The van der Waals surface area contributed by atoms with Gasteiger partial charge in [-0.05, 0) is 64.4 Å². The summed E-state index contributed by atoms with van der Waals surface area (Å²) < 4.78 is 41.3. The number of pyridine rings is 1. The molecular formula is C25H41N3O5SSi. The molecule has 0 aliphatic carbocycles. The van der Waals surface area contributed by atoms with E-state index in [1.807, 2.05) is 13.0 Å². The second-order valence-corrected chi connectivity index (χ2v) is 18.1. The summed E-state index contributed by atoms with van der Waals surface area (Å²) in [6.45, 7) is 19.6. The Morgan fingerprint density at radius 3 is 2.34 bits per heavy atom. The van der Waals surface area contributed by atoms with Gasteiger partial charge in [-0.2, -0.15) is 0 Å². The molecule has 35 heavy (non-hydrogen) atoms. The predicted molar refractivity (Wildman–Crippen MR) is 142 cm³/mol. The first kappa shape index (κ1) is 29.2. The Balaban J connectivity index is 2.27. The van der Waals surface area contributed by atoms with E-state index in [1.165, 1.54) is 4.90 Å². The lowest BCUT2D eigenvalue weighted by molar-refractivity contribution is 0.00659. The van der Waals surface area contributed by atoms with Gasteiger partial charge in [0.2, 0.25) is 10.0 Å². The largest absolute Gasteiger partial charge is 0.444 e. The standard InChI is InChI=1S/C25H41N3O5SSi/c1-18-14-26-15-20-12-11-13-21(22(18)20)34(30,31)27-19(2)16-28(23(29)33-24(3,4)5)17-32-35(9,10)25(6,7)8/h11-15,19,27H,16-17H2,1-10H3/t19-/m0/s1. The van der Waals surface area contributed by atoms with Crippen LogP contribution in [0.25, 0.3) is 10.8 Å². The van der Waals surface area contributed by atoms with Crippen molar-refractivity contribution in [2.75, 3.05) is 13.3 Å². The van der Waals surface area contributed by atoms with E-state index in [-0.39, 0.29) is 23.2 Å². The smallest absolute Gasteiger partial charge is 0.412 e. The first-order valence-corrected chi connectivity index (χ1v) is 16.2. The van der Waals surface area contributed by atoms with Crippen LogP contribution in [0.15, 0.2) is 35.5 Å². The highest BCUT2D eigenvalue weighted by Crippen LogP contribution is 2.36. The van der Waals surface area contributed by atoms with Crippen LogP contribution in [0, 0.1) is 6.92 Å². The van der Waals surface area contributed by atoms with Crippen LogP contribution in [-0.2, 0) is 19.2 Å². The zero-order valence-electron chi connectivity index (χ0n) is 22.7. The van der Waals surface area contributed by atoms with Crippen molar-refractivity contribution in [3.63, 3.8) is 0 Å². The lowest BCUT2D eigenvalue weighted by atomic mass is 10.1. The number of sulfonamides is 1. The van der Waals surface area contributed by atoms with E-state index in [0.29, 0.717) is 5.39 Å². The van der Waals surface area contributed by atoms with Crippen LogP contribution in [0.1, 0.15) is 54.0 Å². The van der Waals surface area contributed by atoms with Gasteiger partial charge in [0.15, 0.2) is 8.32 Å². The fourth-order valence-electron chi connectivity index (χ4n) is 3.25. The molecule has 1 aromatic carbocycles. The maximum Gasteiger partial charge on any atom is 0.412 e. The van der Waals surface area contributed by atoms with Gasteiger partial charge in [-0.3, -0.25) is 9.88 Å². The van der Waals surface area contributed by atoms with Crippen molar-refractivity contribution in [3.8, 4) is 0 Å². The van der Waals surface area contributed by atoms with E-state index < -0.39 is 36.1 Å². The molecule has 0 aliphatic rings. The quantitative estimate of drug-likeness (QED) is 0.366. The number of carbonyl (C=O) groups excluding carboxylic acids is 1. The number of fused-ring (bicyclic) bond motifs is 1. The molecule has 2 aromatic rings. The van der Waals surface area contributed by atoms with Gasteiger partial charge in [-0.25, -0.2) is 17.9 Å². The normalized spacial score (nSPS) is 14.1. The first-order valence-electron chi connectivity index (χ1n) is 11.8. The molecule has 1 N–H and O–H groups in total. The average Bonchev–Trinajstić information content (AvgIpc) is 2.68. The van der Waals surface area contributed by atoms with Gasteiger partial charge in [0.25, 0.3) is 0 Å². The van der Waals surface area contributed by atoms with Crippen LogP contribution in [0.2, 0.25) is 18.1 Å². The number of aryl methyl sites for hydroxylation is 1. The highest BCUT2D eigenvalue weighted by Gasteiger charge is 2.38. The molecule has 196 valence electrons. The van der Waals surface area contributed by atoms with E-state index in [1.54, 1.807) is 52.2 Å². The van der Waals surface area contributed by atoms with Crippen LogP contribution in [0.4, 0.5) is 4.79 Å². The highest BCUT2D eigenvalue weighted by atomic mass is 32.2. The van der Waals surface area contributed by atoms with Crippen molar-refractivity contribution in [1.29, 1.82) is 0 Å². The number of carbonyl (C=O) groups is 1. The fraction of sp³-hybridized carbons (Fsp3) is 0.600. The number of rotatable bonds is 8. The van der Waals surface area contributed by atoms with Crippen LogP contribution >= 0.6 is 0 Å². The van der Waals surface area contributed by atoms with Gasteiger partial charge in [-0.15, -0.1) is 0 Å². The molecule has 0 fully saturated rings. The van der Waals surface area contributed by atoms with Gasteiger partial charge in [-0.1, -0.05) is 32.9 Å². The van der Waals surface area contributed by atoms with Crippen LogP contribution in [-0.4, -0.2) is 57.6 Å². The maximum atomic E-state index is 13.3. The molecule has 1 amide bonds. The van der Waals surface area contributed by atoms with E-state index in [4.69, 9.17) is 9.16 Å². The minimum absolute atomic E-state index is 0.0243. The predicted octanol–water partition coefficient (Wildman–Crippen LogP) is 5.43. The Hall–Kier alpha value is -2.01. The average molecular weight is 524 g/mol. The summed E-state index contributed by atoms with van der Waals surface area (Å²) in [5, 5.41) is 1.34. The van der Waals surface area contributed by atoms with Crippen molar-refractivity contribution in [2.24, 2.45) is 0 Å². The molecule has 0 radical (unpaired) electrons. The highest BCUT2D eigenvalue weighted by molar-refractivity contribution is 7.89. The molecule has 0 unspecified atom stereocenters. The maximum absolute atomic E-state index is 13.3. The van der Waals surface area contributed by atoms with E-state index >= 15 is 0 Å². The van der Waals surface area contributed by atoms with Crippen molar-refractivity contribution in [1.82, 2.24) is 14.6 Å². The molecule has 2 rings (SSSR count). The summed E-state index contributed by atoms with van der Waals surface area (Å²) in [6.07, 6.45) is 2.75. The van der Waals surface area contributed by atoms with Crippen molar-refractivity contribution < 1.29 is 22.4 Å². The summed E-state index contributed by atoms with van der Waals surface area (Å²) in [5.74, 6) is 0. The minimum atomic E-state index is -3.87. The zero-order chi connectivity index (χ0) is 26.8. The number of amides is 1. The minimum Gasteiger partial charge on any atom is -0.444 e. The van der Waals surface area contributed by atoms with Crippen molar-refractivity contribution in [2.45, 2.75) is 90.1 Å². The van der Waals surface area contributed by atoms with Gasteiger partial charge in [0, 0.05) is 35.8 Å². The summed E-state index contributed by atoms with van der Waals surface area (Å²) in [7, 11) is -6.02. The van der Waals surface area contributed by atoms with Crippen LogP contribution < -0.4 is 4.72 Å². The fourth-order valence-corrected chi connectivity index (χ4v) is 5.70. The topological polar surface area (TPSA) is 97.8 Å². The van der Waals surface area contributed by atoms with Crippen molar-refractivity contribution in [3.05, 3.63) is 36.2 Å². The molecule has 0 bridgehead atoms.